The van der Waals surface area contributed by atoms with E-state index in [1.54, 1.807) is 0 Å². The molecule has 18 heavy (non-hydrogen) atoms. The Morgan fingerprint density at radius 3 is 2.17 bits per heavy atom. The maximum atomic E-state index is 13.0. The highest BCUT2D eigenvalue weighted by atomic mass is 19.4. The second kappa shape index (κ2) is 5.47. The molecule has 0 aromatic carbocycles. The Morgan fingerprint density at radius 1 is 1.33 bits per heavy atom. The van der Waals surface area contributed by atoms with E-state index in [0.29, 0.717) is 6.42 Å². The first-order valence-electron chi connectivity index (χ1n) is 6.26. The van der Waals surface area contributed by atoms with E-state index in [9.17, 15) is 18.0 Å². The van der Waals surface area contributed by atoms with Crippen molar-refractivity contribution in [2.24, 2.45) is 17.1 Å². The molecule has 2 N–H and O–H groups in total. The second-order valence-electron chi connectivity index (χ2n) is 5.46. The zero-order chi connectivity index (χ0) is 14.0. The van der Waals surface area contributed by atoms with Crippen molar-refractivity contribution in [3.05, 3.63) is 0 Å². The van der Waals surface area contributed by atoms with E-state index in [1.807, 2.05) is 13.8 Å². The van der Waals surface area contributed by atoms with Gasteiger partial charge in [0, 0.05) is 26.1 Å². The summed E-state index contributed by atoms with van der Waals surface area (Å²) in [6, 6.07) is 0. The minimum Gasteiger partial charge on any atom is -0.343 e. The Balaban J connectivity index is 2.62. The van der Waals surface area contributed by atoms with Gasteiger partial charge in [-0.25, -0.2) is 0 Å². The molecule has 0 saturated carbocycles. The van der Waals surface area contributed by atoms with E-state index in [-0.39, 0.29) is 37.8 Å². The van der Waals surface area contributed by atoms with Crippen molar-refractivity contribution in [1.82, 2.24) is 4.90 Å². The maximum absolute atomic E-state index is 13.0. The fourth-order valence-electron chi connectivity index (χ4n) is 2.27. The number of nitrogens with zero attached hydrogens (tertiary/aromatic N) is 1. The van der Waals surface area contributed by atoms with Crippen LogP contribution in [0.15, 0.2) is 0 Å². The second-order valence-corrected chi connectivity index (χ2v) is 5.46. The molecule has 0 spiro atoms. The third-order valence-electron chi connectivity index (χ3n) is 3.65. The first kappa shape index (κ1) is 15.3. The molecule has 1 aliphatic heterocycles. The molecule has 1 saturated heterocycles. The van der Waals surface area contributed by atoms with Gasteiger partial charge in [0.05, 0.1) is 5.41 Å². The van der Waals surface area contributed by atoms with Gasteiger partial charge in [-0.15, -0.1) is 0 Å². The standard InChI is InChI=1S/C12H21F3N2O/c1-9(2)7-10(18)17-5-3-11(8-16,4-6-17)12(13,14)15/h9H,3-8,16H2,1-2H3. The zero-order valence-electron chi connectivity index (χ0n) is 10.9. The Bertz CT molecular complexity index is 294. The van der Waals surface area contributed by atoms with Crippen LogP contribution in [0.3, 0.4) is 0 Å². The molecular formula is C12H21F3N2O. The highest BCUT2D eigenvalue weighted by Gasteiger charge is 2.54. The van der Waals surface area contributed by atoms with Crippen molar-refractivity contribution in [1.29, 1.82) is 0 Å². The molecule has 3 nitrogen and oxygen atoms in total. The molecule has 1 rings (SSSR count). The summed E-state index contributed by atoms with van der Waals surface area (Å²) in [5.74, 6) is 0.166. The molecule has 0 radical (unpaired) electrons. The molecule has 1 heterocycles. The van der Waals surface area contributed by atoms with Crippen LogP contribution in [0.4, 0.5) is 13.2 Å². The van der Waals surface area contributed by atoms with Crippen LogP contribution in [-0.2, 0) is 4.79 Å². The predicted octanol–water partition coefficient (Wildman–Crippen LogP) is 2.16. The number of rotatable bonds is 3. The Kier molecular flexibility index (Phi) is 4.64. The minimum absolute atomic E-state index is 0.0576. The average Bonchev–Trinajstić information content (AvgIpc) is 2.26. The van der Waals surface area contributed by atoms with Gasteiger partial charge in [0.25, 0.3) is 0 Å². The molecule has 1 amide bonds. The predicted molar refractivity (Wildman–Crippen MR) is 62.8 cm³/mol. The number of amides is 1. The number of hydrogen-bond acceptors (Lipinski definition) is 2. The first-order valence-corrected chi connectivity index (χ1v) is 6.26. The van der Waals surface area contributed by atoms with E-state index in [4.69, 9.17) is 5.73 Å². The summed E-state index contributed by atoms with van der Waals surface area (Å²) in [6.07, 6.45) is -4.07. The molecule has 0 unspecified atom stereocenters. The molecule has 0 aromatic rings. The van der Waals surface area contributed by atoms with Crippen LogP contribution in [-0.4, -0.2) is 36.6 Å². The van der Waals surface area contributed by atoms with Gasteiger partial charge in [0.15, 0.2) is 0 Å². The molecule has 0 atom stereocenters. The third kappa shape index (κ3) is 3.16. The van der Waals surface area contributed by atoms with Gasteiger partial charge >= 0.3 is 6.18 Å². The fraction of sp³-hybridized carbons (Fsp3) is 0.917. The van der Waals surface area contributed by atoms with Crippen LogP contribution in [0.1, 0.15) is 33.1 Å². The largest absolute Gasteiger partial charge is 0.395 e. The fourth-order valence-corrected chi connectivity index (χ4v) is 2.27. The monoisotopic (exact) mass is 266 g/mol. The summed E-state index contributed by atoms with van der Waals surface area (Å²) in [7, 11) is 0. The lowest BCUT2D eigenvalue weighted by molar-refractivity contribution is -0.233. The van der Waals surface area contributed by atoms with Crippen LogP contribution >= 0.6 is 0 Å². The number of piperidine rings is 1. The minimum atomic E-state index is -4.28. The summed E-state index contributed by atoms with van der Waals surface area (Å²) < 4.78 is 38.9. The van der Waals surface area contributed by atoms with E-state index < -0.39 is 18.1 Å². The summed E-state index contributed by atoms with van der Waals surface area (Å²) in [4.78, 5) is 13.3. The SMILES string of the molecule is CC(C)CC(=O)N1CCC(CN)(C(F)(F)F)CC1. The van der Waals surface area contributed by atoms with E-state index in [2.05, 4.69) is 0 Å². The lowest BCUT2D eigenvalue weighted by atomic mass is 9.77. The van der Waals surface area contributed by atoms with Gasteiger partial charge in [-0.05, 0) is 18.8 Å². The highest BCUT2D eigenvalue weighted by molar-refractivity contribution is 5.76. The Hall–Kier alpha value is -0.780. The van der Waals surface area contributed by atoms with Crippen molar-refractivity contribution in [2.75, 3.05) is 19.6 Å². The lowest BCUT2D eigenvalue weighted by Crippen LogP contribution is -2.53. The van der Waals surface area contributed by atoms with Gasteiger partial charge in [-0.1, -0.05) is 13.8 Å². The number of hydrogen-bond donors (Lipinski definition) is 1. The van der Waals surface area contributed by atoms with Crippen LogP contribution in [0.2, 0.25) is 0 Å². The highest BCUT2D eigenvalue weighted by Crippen LogP contribution is 2.45. The lowest BCUT2D eigenvalue weighted by Gasteiger charge is -2.42. The zero-order valence-corrected chi connectivity index (χ0v) is 10.9. The molecule has 6 heteroatoms. The number of carbonyl (C=O) groups is 1. The summed E-state index contributed by atoms with van der Waals surface area (Å²) in [5, 5.41) is 0. The van der Waals surface area contributed by atoms with Crippen LogP contribution in [0, 0.1) is 11.3 Å². The topological polar surface area (TPSA) is 46.3 Å². The van der Waals surface area contributed by atoms with E-state index in [0.717, 1.165) is 0 Å². The molecule has 1 aliphatic rings. The van der Waals surface area contributed by atoms with Crippen molar-refractivity contribution in [3.63, 3.8) is 0 Å². The maximum Gasteiger partial charge on any atom is 0.395 e. The smallest absolute Gasteiger partial charge is 0.343 e. The molecule has 1 fully saturated rings. The molecule has 106 valence electrons. The number of alkyl halides is 3. The summed E-state index contributed by atoms with van der Waals surface area (Å²) >= 11 is 0. The Labute approximate surface area is 106 Å². The quantitative estimate of drug-likeness (QED) is 0.851. The average molecular weight is 266 g/mol. The normalized spacial score (nSPS) is 20.3. The number of likely N-dealkylation sites (tertiary alicyclic amines) is 1. The van der Waals surface area contributed by atoms with Gasteiger partial charge in [0.2, 0.25) is 5.91 Å². The van der Waals surface area contributed by atoms with Crippen LogP contribution in [0.25, 0.3) is 0 Å². The van der Waals surface area contributed by atoms with E-state index in [1.165, 1.54) is 4.90 Å². The first-order chi connectivity index (χ1) is 8.22. The van der Waals surface area contributed by atoms with Crippen molar-refractivity contribution in [2.45, 2.75) is 39.3 Å². The van der Waals surface area contributed by atoms with Crippen LogP contribution < -0.4 is 5.73 Å². The Morgan fingerprint density at radius 2 is 1.83 bits per heavy atom. The summed E-state index contributed by atoms with van der Waals surface area (Å²) in [5.41, 5.74) is 3.50. The van der Waals surface area contributed by atoms with Crippen molar-refractivity contribution >= 4 is 5.91 Å². The van der Waals surface area contributed by atoms with Gasteiger partial charge in [-0.3, -0.25) is 4.79 Å². The van der Waals surface area contributed by atoms with Crippen molar-refractivity contribution in [3.8, 4) is 0 Å². The molecule has 0 aromatic heterocycles. The number of halogens is 3. The van der Waals surface area contributed by atoms with Gasteiger partial charge in [-0.2, -0.15) is 13.2 Å². The molecule has 0 aliphatic carbocycles. The van der Waals surface area contributed by atoms with Crippen LogP contribution in [0.5, 0.6) is 0 Å². The number of nitrogens with two attached hydrogens (primary N) is 1. The third-order valence-corrected chi connectivity index (χ3v) is 3.65. The van der Waals surface area contributed by atoms with Gasteiger partial charge < -0.3 is 10.6 Å². The summed E-state index contributed by atoms with van der Waals surface area (Å²) in [6.45, 7) is 3.75. The number of carbonyl (C=O) groups excluding carboxylic acids is 1. The molecular weight excluding hydrogens is 245 g/mol. The van der Waals surface area contributed by atoms with Gasteiger partial charge in [0.1, 0.15) is 0 Å². The molecule has 0 bridgehead atoms. The van der Waals surface area contributed by atoms with Crippen molar-refractivity contribution < 1.29 is 18.0 Å². The van der Waals surface area contributed by atoms with E-state index >= 15 is 0 Å².